The number of carbonyl (C=O) groups is 1. The fourth-order valence-electron chi connectivity index (χ4n) is 2.94. The molecule has 0 aliphatic rings. The van der Waals surface area contributed by atoms with Crippen molar-refractivity contribution in [3.8, 4) is 17.4 Å². The largest absolute Gasteiger partial charge is 0.439 e. The van der Waals surface area contributed by atoms with Crippen LogP contribution in [0.4, 0.5) is 16.2 Å². The van der Waals surface area contributed by atoms with Crippen molar-refractivity contribution >= 4 is 17.4 Å². The fourth-order valence-corrected chi connectivity index (χ4v) is 2.94. The zero-order valence-corrected chi connectivity index (χ0v) is 17.2. The van der Waals surface area contributed by atoms with E-state index in [0.717, 1.165) is 12.1 Å². The third-order valence-electron chi connectivity index (χ3n) is 4.49. The number of nitrogens with zero attached hydrogens (tertiary/aromatic N) is 4. The lowest BCUT2D eigenvalue weighted by Gasteiger charge is -2.10. The molecule has 0 saturated carbocycles. The van der Waals surface area contributed by atoms with Gasteiger partial charge in [0.2, 0.25) is 5.88 Å². The van der Waals surface area contributed by atoms with Gasteiger partial charge < -0.3 is 15.4 Å². The van der Waals surface area contributed by atoms with Crippen LogP contribution in [0.5, 0.6) is 11.6 Å². The number of ether oxygens (including phenoxy) is 1. The highest BCUT2D eigenvalue weighted by atomic mass is 16.5. The van der Waals surface area contributed by atoms with Crippen molar-refractivity contribution in [1.29, 1.82) is 0 Å². The van der Waals surface area contributed by atoms with E-state index in [1.54, 1.807) is 54.3 Å². The van der Waals surface area contributed by atoms with E-state index in [-0.39, 0.29) is 6.03 Å². The molecule has 0 saturated heterocycles. The molecule has 0 aliphatic carbocycles. The first kappa shape index (κ1) is 20.1. The molecule has 8 nitrogen and oxygen atoms in total. The number of nitrogens with one attached hydrogen (secondary N) is 2. The van der Waals surface area contributed by atoms with Gasteiger partial charge >= 0.3 is 6.03 Å². The average molecular weight is 414 g/mol. The van der Waals surface area contributed by atoms with Crippen LogP contribution in [0.1, 0.15) is 18.3 Å². The lowest BCUT2D eigenvalue weighted by molar-refractivity contribution is 0.262. The summed E-state index contributed by atoms with van der Waals surface area (Å²) in [5, 5.41) is 9.80. The van der Waals surface area contributed by atoms with Gasteiger partial charge in [-0.15, -0.1) is 0 Å². The molecule has 4 aromatic rings. The van der Waals surface area contributed by atoms with E-state index in [2.05, 4.69) is 32.6 Å². The van der Waals surface area contributed by atoms with E-state index < -0.39 is 0 Å². The zero-order chi connectivity index (χ0) is 21.6. The average Bonchev–Trinajstić information content (AvgIpc) is 3.30. The first-order chi connectivity index (χ1) is 15.1. The van der Waals surface area contributed by atoms with Crippen molar-refractivity contribution in [3.05, 3.63) is 84.4 Å². The summed E-state index contributed by atoms with van der Waals surface area (Å²) in [6.07, 6.45) is 4.44. The van der Waals surface area contributed by atoms with Crippen LogP contribution in [0.25, 0.3) is 5.82 Å². The maximum Gasteiger partial charge on any atom is 0.323 e. The van der Waals surface area contributed by atoms with E-state index in [1.165, 1.54) is 5.56 Å². The Morgan fingerprint density at radius 3 is 2.29 bits per heavy atom. The summed E-state index contributed by atoms with van der Waals surface area (Å²) in [7, 11) is 0. The minimum absolute atomic E-state index is 0.312. The molecule has 8 heteroatoms. The Bertz CT molecular complexity index is 1160. The molecule has 0 aliphatic heterocycles. The summed E-state index contributed by atoms with van der Waals surface area (Å²) in [4.78, 5) is 20.9. The lowest BCUT2D eigenvalue weighted by atomic mass is 10.1. The molecule has 0 atom stereocenters. The second-order valence-corrected chi connectivity index (χ2v) is 6.82. The quantitative estimate of drug-likeness (QED) is 0.465. The highest BCUT2D eigenvalue weighted by Gasteiger charge is 2.07. The van der Waals surface area contributed by atoms with Crippen molar-refractivity contribution in [1.82, 2.24) is 19.7 Å². The molecule has 2 amide bonds. The van der Waals surface area contributed by atoms with E-state index in [4.69, 9.17) is 4.74 Å². The van der Waals surface area contributed by atoms with Gasteiger partial charge in [0, 0.05) is 29.8 Å². The van der Waals surface area contributed by atoms with Gasteiger partial charge in [-0.25, -0.2) is 14.5 Å². The van der Waals surface area contributed by atoms with Gasteiger partial charge in [-0.1, -0.05) is 19.1 Å². The Kier molecular flexibility index (Phi) is 5.89. The predicted octanol–water partition coefficient (Wildman–Crippen LogP) is 4.97. The van der Waals surface area contributed by atoms with Crippen molar-refractivity contribution in [2.45, 2.75) is 20.3 Å². The Labute approximate surface area is 179 Å². The molecule has 2 aromatic heterocycles. The Balaban J connectivity index is 1.38. The number of urea groups is 1. The zero-order valence-electron chi connectivity index (χ0n) is 17.2. The monoisotopic (exact) mass is 414 g/mol. The van der Waals surface area contributed by atoms with Crippen LogP contribution in [0.3, 0.4) is 0 Å². The molecule has 2 N–H and O–H groups in total. The van der Waals surface area contributed by atoms with Crippen LogP contribution < -0.4 is 15.4 Å². The van der Waals surface area contributed by atoms with Crippen LogP contribution >= 0.6 is 0 Å². The predicted molar refractivity (Wildman–Crippen MR) is 119 cm³/mol. The van der Waals surface area contributed by atoms with Gasteiger partial charge in [0.1, 0.15) is 11.6 Å². The van der Waals surface area contributed by atoms with E-state index in [9.17, 15) is 4.79 Å². The van der Waals surface area contributed by atoms with Crippen LogP contribution in [0.15, 0.2) is 73.1 Å². The summed E-state index contributed by atoms with van der Waals surface area (Å²) in [6.45, 7) is 3.88. The molecule has 2 aromatic carbocycles. The number of hydrogen-bond donors (Lipinski definition) is 2. The standard InChI is InChI=1S/C23H22N6O2/c1-3-17-5-7-18(8-6-17)27-23(30)28-19-9-11-20(12-10-19)31-22-15-21(25-16(2)26-22)29-14-4-13-24-29/h4-15H,3H2,1-2H3,(H2,27,28,30). The van der Waals surface area contributed by atoms with Gasteiger partial charge in [-0.3, -0.25) is 0 Å². The molecule has 4 rings (SSSR count). The third kappa shape index (κ3) is 5.24. The summed E-state index contributed by atoms with van der Waals surface area (Å²) in [5.74, 6) is 2.19. The van der Waals surface area contributed by atoms with E-state index >= 15 is 0 Å². The van der Waals surface area contributed by atoms with Gasteiger partial charge in [0.05, 0.1) is 0 Å². The minimum Gasteiger partial charge on any atom is -0.439 e. The third-order valence-corrected chi connectivity index (χ3v) is 4.49. The SMILES string of the molecule is CCc1ccc(NC(=O)Nc2ccc(Oc3cc(-n4cccn4)nc(C)n3)cc2)cc1. The Morgan fingerprint density at radius 1 is 1.00 bits per heavy atom. The molecule has 156 valence electrons. The maximum absolute atomic E-state index is 12.2. The van der Waals surface area contributed by atoms with Crippen LogP contribution in [-0.2, 0) is 6.42 Å². The highest BCUT2D eigenvalue weighted by molar-refractivity contribution is 5.99. The normalized spacial score (nSPS) is 10.5. The lowest BCUT2D eigenvalue weighted by Crippen LogP contribution is -2.19. The number of rotatable bonds is 6. The number of carbonyl (C=O) groups excluding carboxylic acids is 1. The minimum atomic E-state index is -0.312. The molecule has 2 heterocycles. The van der Waals surface area contributed by atoms with Crippen LogP contribution in [-0.4, -0.2) is 25.8 Å². The Hall–Kier alpha value is -4.20. The van der Waals surface area contributed by atoms with E-state index in [1.807, 2.05) is 30.3 Å². The number of anilines is 2. The number of hydrogen-bond acceptors (Lipinski definition) is 5. The second kappa shape index (κ2) is 9.08. The summed E-state index contributed by atoms with van der Waals surface area (Å²) >= 11 is 0. The fraction of sp³-hybridized carbons (Fsp3) is 0.130. The molecule has 0 spiro atoms. The second-order valence-electron chi connectivity index (χ2n) is 6.82. The highest BCUT2D eigenvalue weighted by Crippen LogP contribution is 2.23. The number of amides is 2. The van der Waals surface area contributed by atoms with Crippen molar-refractivity contribution in [3.63, 3.8) is 0 Å². The van der Waals surface area contributed by atoms with Crippen LogP contribution in [0.2, 0.25) is 0 Å². The first-order valence-corrected chi connectivity index (χ1v) is 9.89. The van der Waals surface area contributed by atoms with Crippen molar-refractivity contribution in [2.24, 2.45) is 0 Å². The molecular weight excluding hydrogens is 392 g/mol. The summed E-state index contributed by atoms with van der Waals surface area (Å²) in [5.41, 5.74) is 2.60. The maximum atomic E-state index is 12.2. The van der Waals surface area contributed by atoms with Crippen LogP contribution in [0, 0.1) is 6.92 Å². The van der Waals surface area contributed by atoms with Gasteiger partial charge in [0.15, 0.2) is 5.82 Å². The molecule has 31 heavy (non-hydrogen) atoms. The molecule has 0 unspecified atom stereocenters. The number of aromatic nitrogens is 4. The molecule has 0 radical (unpaired) electrons. The number of benzene rings is 2. The van der Waals surface area contributed by atoms with Gasteiger partial charge in [-0.2, -0.15) is 10.1 Å². The smallest absolute Gasteiger partial charge is 0.323 e. The summed E-state index contributed by atoms with van der Waals surface area (Å²) < 4.78 is 7.50. The first-order valence-electron chi connectivity index (χ1n) is 9.89. The van der Waals surface area contributed by atoms with Gasteiger partial charge in [-0.05, 0) is 61.4 Å². The topological polar surface area (TPSA) is 94.0 Å². The van der Waals surface area contributed by atoms with Gasteiger partial charge in [0.25, 0.3) is 0 Å². The molecular formula is C23H22N6O2. The van der Waals surface area contributed by atoms with Crippen molar-refractivity contribution < 1.29 is 9.53 Å². The van der Waals surface area contributed by atoms with Crippen molar-refractivity contribution in [2.75, 3.05) is 10.6 Å². The molecule has 0 bridgehead atoms. The number of aryl methyl sites for hydroxylation is 2. The Morgan fingerprint density at radius 2 is 1.68 bits per heavy atom. The molecule has 0 fully saturated rings. The summed E-state index contributed by atoms with van der Waals surface area (Å²) in [6, 6.07) is 18.0. The van der Waals surface area contributed by atoms with E-state index in [0.29, 0.717) is 29.0 Å².